The molecule has 0 aliphatic carbocycles. The summed E-state index contributed by atoms with van der Waals surface area (Å²) in [5, 5.41) is 0.0809. The van der Waals surface area contributed by atoms with E-state index < -0.39 is 0 Å². The maximum atomic E-state index is 5.88. The van der Waals surface area contributed by atoms with Crippen LogP contribution in [0.25, 0.3) is 0 Å². The maximum absolute atomic E-state index is 5.88. The number of hydrogen-bond donors (Lipinski definition) is 0. The fourth-order valence-electron chi connectivity index (χ4n) is 0.751. The molecule has 0 radical (unpaired) electrons. The van der Waals surface area contributed by atoms with E-state index in [0.29, 0.717) is 0 Å². The third kappa shape index (κ3) is 2.15. The number of hydrogen-bond acceptors (Lipinski definition) is 2. The second-order valence-corrected chi connectivity index (χ2v) is 3.26. The van der Waals surface area contributed by atoms with Crippen molar-refractivity contribution in [3.05, 3.63) is 24.3 Å². The van der Waals surface area contributed by atoms with Gasteiger partial charge in [0.15, 0.2) is 0 Å². The molecule has 1 rings (SSSR count). The third-order valence-electron chi connectivity index (χ3n) is 1.68. The minimum absolute atomic E-state index is 0.0809. The first-order chi connectivity index (χ1) is 5.22. The van der Waals surface area contributed by atoms with Crippen LogP contribution in [-0.4, -0.2) is 15.3 Å². The predicted octanol–water partition coefficient (Wildman–Crippen LogP) is 2.21. The Morgan fingerprint density at radius 2 is 1.82 bits per heavy atom. The summed E-state index contributed by atoms with van der Waals surface area (Å²) in [5.74, 6) is 1.04. The van der Waals surface area contributed by atoms with Gasteiger partial charge in [0.1, 0.15) is 5.82 Å². The van der Waals surface area contributed by atoms with Crippen LogP contribution in [0.1, 0.15) is 25.6 Å². The average Bonchev–Trinajstić information content (AvgIpc) is 2.05. The molecule has 1 aromatic heterocycles. The fraction of sp³-hybridized carbons (Fsp3) is 0.500. The number of aromatic nitrogens is 2. The molecular weight excluding hydrogens is 160 g/mol. The van der Waals surface area contributed by atoms with Crippen molar-refractivity contribution in [3.8, 4) is 0 Å². The molecule has 1 aromatic rings. The zero-order chi connectivity index (χ0) is 8.27. The van der Waals surface area contributed by atoms with Crippen LogP contribution >= 0.6 is 11.6 Å². The van der Waals surface area contributed by atoms with Crippen LogP contribution in [-0.2, 0) is 0 Å². The normalized spacial score (nSPS) is 15.9. The molecule has 11 heavy (non-hydrogen) atoms. The Balaban J connectivity index is 2.77. The van der Waals surface area contributed by atoms with Gasteiger partial charge in [-0.2, -0.15) is 0 Å². The zero-order valence-electron chi connectivity index (χ0n) is 6.66. The Morgan fingerprint density at radius 3 is 2.27 bits per heavy atom. The van der Waals surface area contributed by atoms with Crippen molar-refractivity contribution < 1.29 is 0 Å². The molecule has 0 aliphatic rings. The smallest absolute Gasteiger partial charge is 0.132 e. The van der Waals surface area contributed by atoms with Crippen molar-refractivity contribution in [2.24, 2.45) is 0 Å². The van der Waals surface area contributed by atoms with Crippen molar-refractivity contribution in [2.75, 3.05) is 0 Å². The number of rotatable bonds is 2. The van der Waals surface area contributed by atoms with Gasteiger partial charge in [-0.1, -0.05) is 6.92 Å². The minimum Gasteiger partial charge on any atom is -0.241 e. The molecule has 0 bridgehead atoms. The third-order valence-corrected chi connectivity index (χ3v) is 2.06. The largest absolute Gasteiger partial charge is 0.241 e. The Kier molecular flexibility index (Phi) is 2.83. The van der Waals surface area contributed by atoms with Crippen molar-refractivity contribution in [1.82, 2.24) is 9.97 Å². The van der Waals surface area contributed by atoms with Gasteiger partial charge in [-0.05, 0) is 13.0 Å². The topological polar surface area (TPSA) is 25.8 Å². The number of alkyl halides is 1. The Labute approximate surface area is 71.6 Å². The number of halogens is 1. The Morgan fingerprint density at radius 1 is 1.27 bits per heavy atom. The van der Waals surface area contributed by atoms with Gasteiger partial charge in [0.05, 0.1) is 0 Å². The molecule has 0 amide bonds. The van der Waals surface area contributed by atoms with E-state index in [4.69, 9.17) is 11.6 Å². The highest BCUT2D eigenvalue weighted by Crippen LogP contribution is 2.18. The van der Waals surface area contributed by atoms with E-state index in [1.165, 1.54) is 0 Å². The van der Waals surface area contributed by atoms with Gasteiger partial charge in [-0.25, -0.2) is 9.97 Å². The van der Waals surface area contributed by atoms with Crippen LogP contribution < -0.4 is 0 Å². The lowest BCUT2D eigenvalue weighted by atomic mass is 10.1. The molecule has 0 N–H and O–H groups in total. The average molecular weight is 171 g/mol. The lowest BCUT2D eigenvalue weighted by Gasteiger charge is -2.10. The first kappa shape index (κ1) is 8.47. The molecule has 2 unspecified atom stereocenters. The zero-order valence-corrected chi connectivity index (χ0v) is 7.42. The summed E-state index contributed by atoms with van der Waals surface area (Å²) in [5.41, 5.74) is 0. The molecule has 0 aromatic carbocycles. The van der Waals surface area contributed by atoms with Crippen LogP contribution in [0.3, 0.4) is 0 Å². The molecule has 3 heteroatoms. The first-order valence-electron chi connectivity index (χ1n) is 3.63. The van der Waals surface area contributed by atoms with E-state index in [2.05, 4.69) is 9.97 Å². The van der Waals surface area contributed by atoms with Gasteiger partial charge >= 0.3 is 0 Å². The molecule has 0 fully saturated rings. The first-order valence-corrected chi connectivity index (χ1v) is 4.06. The lowest BCUT2D eigenvalue weighted by molar-refractivity contribution is 0.685. The molecule has 2 nitrogen and oxygen atoms in total. The van der Waals surface area contributed by atoms with Crippen molar-refractivity contribution in [1.29, 1.82) is 0 Å². The highest BCUT2D eigenvalue weighted by atomic mass is 35.5. The summed E-state index contributed by atoms with van der Waals surface area (Å²) in [6.07, 6.45) is 3.47. The highest BCUT2D eigenvalue weighted by molar-refractivity contribution is 6.20. The van der Waals surface area contributed by atoms with Crippen molar-refractivity contribution >= 4 is 11.6 Å². The number of nitrogens with zero attached hydrogens (tertiary/aromatic N) is 2. The molecule has 1 heterocycles. The molecule has 0 saturated heterocycles. The van der Waals surface area contributed by atoms with E-state index >= 15 is 0 Å². The maximum Gasteiger partial charge on any atom is 0.132 e. The van der Waals surface area contributed by atoms with E-state index in [1.54, 1.807) is 18.5 Å². The summed E-state index contributed by atoms with van der Waals surface area (Å²) in [6, 6.07) is 1.80. The SMILES string of the molecule is CC(Cl)C(C)c1ncccn1. The van der Waals surface area contributed by atoms with Gasteiger partial charge in [0, 0.05) is 23.7 Å². The van der Waals surface area contributed by atoms with E-state index in [1.807, 2.05) is 13.8 Å². The second kappa shape index (κ2) is 3.67. The molecule has 60 valence electrons. The van der Waals surface area contributed by atoms with Crippen LogP contribution in [0, 0.1) is 0 Å². The predicted molar refractivity (Wildman–Crippen MR) is 45.8 cm³/mol. The lowest BCUT2D eigenvalue weighted by Crippen LogP contribution is -2.08. The summed E-state index contributed by atoms with van der Waals surface area (Å²) in [4.78, 5) is 8.21. The van der Waals surface area contributed by atoms with Crippen LogP contribution in [0.2, 0.25) is 0 Å². The standard InChI is InChI=1S/C8H11ClN2/c1-6(7(2)9)8-10-4-3-5-11-8/h3-7H,1-2H3. The summed E-state index contributed by atoms with van der Waals surface area (Å²) < 4.78 is 0. The van der Waals surface area contributed by atoms with Gasteiger partial charge in [0.25, 0.3) is 0 Å². The Hall–Kier alpha value is -0.630. The van der Waals surface area contributed by atoms with Crippen molar-refractivity contribution in [3.63, 3.8) is 0 Å². The van der Waals surface area contributed by atoms with Crippen LogP contribution in [0.15, 0.2) is 18.5 Å². The van der Waals surface area contributed by atoms with Crippen LogP contribution in [0.4, 0.5) is 0 Å². The molecule has 0 saturated carbocycles. The quantitative estimate of drug-likeness (QED) is 0.636. The highest BCUT2D eigenvalue weighted by Gasteiger charge is 2.13. The van der Waals surface area contributed by atoms with Crippen LogP contribution in [0.5, 0.6) is 0 Å². The molecule has 2 atom stereocenters. The van der Waals surface area contributed by atoms with E-state index in [0.717, 1.165) is 5.82 Å². The monoisotopic (exact) mass is 170 g/mol. The van der Waals surface area contributed by atoms with Gasteiger partial charge in [-0.15, -0.1) is 11.6 Å². The molecule has 0 spiro atoms. The van der Waals surface area contributed by atoms with Gasteiger partial charge in [-0.3, -0.25) is 0 Å². The summed E-state index contributed by atoms with van der Waals surface area (Å²) >= 11 is 5.88. The second-order valence-electron chi connectivity index (χ2n) is 2.57. The molecular formula is C8H11ClN2. The van der Waals surface area contributed by atoms with Gasteiger partial charge < -0.3 is 0 Å². The Bertz CT molecular complexity index is 211. The summed E-state index contributed by atoms with van der Waals surface area (Å²) in [7, 11) is 0. The fourth-order valence-corrected chi connectivity index (χ4v) is 0.864. The van der Waals surface area contributed by atoms with Crippen molar-refractivity contribution in [2.45, 2.75) is 25.1 Å². The molecule has 0 aliphatic heterocycles. The minimum atomic E-state index is 0.0809. The summed E-state index contributed by atoms with van der Waals surface area (Å²) in [6.45, 7) is 3.97. The van der Waals surface area contributed by atoms with E-state index in [-0.39, 0.29) is 11.3 Å². The van der Waals surface area contributed by atoms with E-state index in [9.17, 15) is 0 Å². The van der Waals surface area contributed by atoms with Gasteiger partial charge in [0.2, 0.25) is 0 Å².